The van der Waals surface area contributed by atoms with Crippen LogP contribution in [-0.2, 0) is 4.79 Å². The molecule has 1 aliphatic carbocycles. The predicted molar refractivity (Wildman–Crippen MR) is 68.6 cm³/mol. The minimum Gasteiger partial charge on any atom is -0.478 e. The minimum atomic E-state index is -1.08. The van der Waals surface area contributed by atoms with Gasteiger partial charge in [0.1, 0.15) is 0 Å². The number of aromatic carboxylic acids is 1. The number of carbonyl (C=O) groups excluding carboxylic acids is 1. The Morgan fingerprint density at radius 1 is 1.39 bits per heavy atom. The molecule has 18 heavy (non-hydrogen) atoms. The average molecular weight is 248 g/mol. The molecule has 0 unspecified atom stereocenters. The van der Waals surface area contributed by atoms with E-state index in [1.807, 2.05) is 0 Å². The van der Waals surface area contributed by atoms with Crippen LogP contribution in [0.25, 0.3) is 0 Å². The van der Waals surface area contributed by atoms with Crippen LogP contribution in [0.4, 0.5) is 11.4 Å². The topological polar surface area (TPSA) is 83.6 Å². The Morgan fingerprint density at radius 3 is 2.56 bits per heavy atom. The van der Waals surface area contributed by atoms with Crippen molar-refractivity contribution in [2.24, 2.45) is 5.92 Å². The number of carboxylic acid groups (broad SMARTS) is 1. The summed E-state index contributed by atoms with van der Waals surface area (Å²) >= 11 is 0. The van der Waals surface area contributed by atoms with Crippen LogP contribution in [0.15, 0.2) is 18.2 Å². The average Bonchev–Trinajstić information content (AvgIpc) is 2.25. The lowest BCUT2D eigenvalue weighted by molar-refractivity contribution is -0.124. The first-order valence-corrected chi connectivity index (χ1v) is 5.91. The molecule has 5 heteroatoms. The summed E-state index contributed by atoms with van der Waals surface area (Å²) in [5, 5.41) is 9.14. The molecule has 96 valence electrons. The molecule has 0 spiro atoms. The monoisotopic (exact) mass is 248 g/mol. The van der Waals surface area contributed by atoms with E-state index in [-0.39, 0.29) is 17.4 Å². The molecule has 1 fully saturated rings. The van der Waals surface area contributed by atoms with Crippen LogP contribution in [0, 0.1) is 5.92 Å². The summed E-state index contributed by atoms with van der Waals surface area (Å²) in [7, 11) is 1.61. The van der Waals surface area contributed by atoms with Crippen LogP contribution in [0.3, 0.4) is 0 Å². The van der Waals surface area contributed by atoms with Crippen molar-refractivity contribution >= 4 is 23.3 Å². The standard InChI is InChI=1S/C13H16N2O3/c1-15(12(16)8-3-2-4-8)11-6-5-9(14)7-10(11)13(17)18/h5-8H,2-4,14H2,1H3,(H,17,18). The van der Waals surface area contributed by atoms with Gasteiger partial charge in [-0.15, -0.1) is 0 Å². The lowest BCUT2D eigenvalue weighted by Crippen LogP contribution is -2.37. The molecule has 0 bridgehead atoms. The first kappa shape index (κ1) is 12.4. The third kappa shape index (κ3) is 2.16. The van der Waals surface area contributed by atoms with E-state index in [9.17, 15) is 9.59 Å². The highest BCUT2D eigenvalue weighted by Crippen LogP contribution is 2.31. The highest BCUT2D eigenvalue weighted by molar-refractivity contribution is 6.03. The Labute approximate surface area is 105 Å². The van der Waals surface area contributed by atoms with E-state index in [0.717, 1.165) is 19.3 Å². The normalized spacial score (nSPS) is 14.9. The van der Waals surface area contributed by atoms with Crippen LogP contribution in [0.1, 0.15) is 29.6 Å². The first-order chi connectivity index (χ1) is 8.50. The molecule has 0 saturated heterocycles. The van der Waals surface area contributed by atoms with Gasteiger partial charge in [-0.05, 0) is 31.0 Å². The Bertz CT molecular complexity index is 495. The summed E-state index contributed by atoms with van der Waals surface area (Å²) < 4.78 is 0. The van der Waals surface area contributed by atoms with Gasteiger partial charge in [0, 0.05) is 18.7 Å². The van der Waals surface area contributed by atoms with Crippen LogP contribution in [0.5, 0.6) is 0 Å². The molecule has 1 aromatic rings. The zero-order valence-corrected chi connectivity index (χ0v) is 10.2. The quantitative estimate of drug-likeness (QED) is 0.798. The lowest BCUT2D eigenvalue weighted by atomic mass is 9.84. The minimum absolute atomic E-state index is 0.0199. The van der Waals surface area contributed by atoms with Gasteiger partial charge in [-0.2, -0.15) is 0 Å². The van der Waals surface area contributed by atoms with Crippen molar-refractivity contribution in [3.63, 3.8) is 0 Å². The zero-order chi connectivity index (χ0) is 13.3. The van der Waals surface area contributed by atoms with Gasteiger partial charge in [-0.1, -0.05) is 6.42 Å². The maximum Gasteiger partial charge on any atom is 0.337 e. The fourth-order valence-electron chi connectivity index (χ4n) is 2.07. The number of nitrogen functional groups attached to an aromatic ring is 1. The van der Waals surface area contributed by atoms with Crippen LogP contribution >= 0.6 is 0 Å². The van der Waals surface area contributed by atoms with Gasteiger partial charge in [-0.3, -0.25) is 4.79 Å². The number of anilines is 2. The number of carbonyl (C=O) groups is 2. The summed E-state index contributed by atoms with van der Waals surface area (Å²) in [4.78, 5) is 24.7. The Morgan fingerprint density at radius 2 is 2.06 bits per heavy atom. The number of benzene rings is 1. The van der Waals surface area contributed by atoms with Crippen molar-refractivity contribution in [3.05, 3.63) is 23.8 Å². The van der Waals surface area contributed by atoms with Gasteiger partial charge in [0.05, 0.1) is 11.3 Å². The zero-order valence-electron chi connectivity index (χ0n) is 10.2. The highest BCUT2D eigenvalue weighted by atomic mass is 16.4. The Balaban J connectivity index is 2.31. The van der Waals surface area contributed by atoms with Crippen LogP contribution in [0.2, 0.25) is 0 Å². The molecule has 0 heterocycles. The van der Waals surface area contributed by atoms with E-state index in [2.05, 4.69) is 0 Å². The number of nitrogens with two attached hydrogens (primary N) is 1. The summed E-state index contributed by atoms with van der Waals surface area (Å²) in [6.07, 6.45) is 2.85. The second kappa shape index (κ2) is 4.68. The van der Waals surface area contributed by atoms with E-state index >= 15 is 0 Å². The molecule has 0 atom stereocenters. The van der Waals surface area contributed by atoms with E-state index in [0.29, 0.717) is 11.4 Å². The second-order valence-corrected chi connectivity index (χ2v) is 4.61. The summed E-state index contributed by atoms with van der Waals surface area (Å²) in [6.45, 7) is 0. The lowest BCUT2D eigenvalue weighted by Gasteiger charge is -2.29. The van der Waals surface area contributed by atoms with Gasteiger partial charge in [0.2, 0.25) is 5.91 Å². The Hall–Kier alpha value is -2.04. The third-order valence-electron chi connectivity index (χ3n) is 3.40. The molecular weight excluding hydrogens is 232 g/mol. The van der Waals surface area contributed by atoms with Crippen LogP contribution in [-0.4, -0.2) is 24.0 Å². The van der Waals surface area contributed by atoms with Gasteiger partial charge in [0.25, 0.3) is 0 Å². The maximum absolute atomic E-state index is 12.1. The first-order valence-electron chi connectivity index (χ1n) is 5.91. The molecule has 0 radical (unpaired) electrons. The molecule has 3 N–H and O–H groups in total. The van der Waals surface area contributed by atoms with Crippen molar-refractivity contribution in [1.29, 1.82) is 0 Å². The van der Waals surface area contributed by atoms with E-state index in [1.165, 1.54) is 11.0 Å². The fraction of sp³-hybridized carbons (Fsp3) is 0.385. The summed E-state index contributed by atoms with van der Waals surface area (Å²) in [5.74, 6) is -1.06. The maximum atomic E-state index is 12.1. The summed E-state index contributed by atoms with van der Waals surface area (Å²) in [6, 6.07) is 4.56. The van der Waals surface area contributed by atoms with E-state index in [1.54, 1.807) is 19.2 Å². The smallest absolute Gasteiger partial charge is 0.337 e. The van der Waals surface area contributed by atoms with E-state index in [4.69, 9.17) is 10.8 Å². The highest BCUT2D eigenvalue weighted by Gasteiger charge is 2.29. The number of hydrogen-bond donors (Lipinski definition) is 2. The van der Waals surface area contributed by atoms with Crippen molar-refractivity contribution in [3.8, 4) is 0 Å². The number of carboxylic acids is 1. The van der Waals surface area contributed by atoms with E-state index < -0.39 is 5.97 Å². The fourth-order valence-corrected chi connectivity index (χ4v) is 2.07. The van der Waals surface area contributed by atoms with Gasteiger partial charge in [-0.25, -0.2) is 4.79 Å². The molecular formula is C13H16N2O3. The molecule has 0 aromatic heterocycles. The van der Waals surface area contributed by atoms with Gasteiger partial charge >= 0.3 is 5.97 Å². The molecule has 1 amide bonds. The SMILES string of the molecule is CN(C(=O)C1CCC1)c1ccc(N)cc1C(=O)O. The Kier molecular flexibility index (Phi) is 3.23. The van der Waals surface area contributed by atoms with Crippen LogP contribution < -0.4 is 10.6 Å². The third-order valence-corrected chi connectivity index (χ3v) is 3.40. The number of amides is 1. The number of hydrogen-bond acceptors (Lipinski definition) is 3. The second-order valence-electron chi connectivity index (χ2n) is 4.61. The number of rotatable bonds is 3. The summed E-state index contributed by atoms with van der Waals surface area (Å²) in [5.41, 5.74) is 6.40. The van der Waals surface area contributed by atoms with Crippen molar-refractivity contribution in [1.82, 2.24) is 0 Å². The van der Waals surface area contributed by atoms with Crippen molar-refractivity contribution in [2.75, 3.05) is 17.7 Å². The number of nitrogens with zero attached hydrogens (tertiary/aromatic N) is 1. The molecule has 1 aliphatic rings. The van der Waals surface area contributed by atoms with Crippen molar-refractivity contribution in [2.45, 2.75) is 19.3 Å². The largest absolute Gasteiger partial charge is 0.478 e. The van der Waals surface area contributed by atoms with Crippen molar-refractivity contribution < 1.29 is 14.7 Å². The van der Waals surface area contributed by atoms with Gasteiger partial charge < -0.3 is 15.7 Å². The predicted octanol–water partition coefficient (Wildman–Crippen LogP) is 1.73. The molecule has 1 saturated carbocycles. The molecule has 1 aromatic carbocycles. The molecule has 0 aliphatic heterocycles. The van der Waals surface area contributed by atoms with Gasteiger partial charge in [0.15, 0.2) is 0 Å². The molecule has 5 nitrogen and oxygen atoms in total. The molecule has 2 rings (SSSR count).